The van der Waals surface area contributed by atoms with Crippen molar-refractivity contribution < 1.29 is 13.7 Å². The van der Waals surface area contributed by atoms with Crippen LogP contribution in [0.1, 0.15) is 52.5 Å². The van der Waals surface area contributed by atoms with Gasteiger partial charge in [-0.3, -0.25) is 4.39 Å². The van der Waals surface area contributed by atoms with Gasteiger partial charge in [-0.15, -0.1) is 0 Å². The third kappa shape index (κ3) is 3.31. The Kier molecular flexibility index (Phi) is 4.65. The minimum absolute atomic E-state index is 0.283. The zero-order chi connectivity index (χ0) is 17.4. The van der Waals surface area contributed by atoms with Crippen molar-refractivity contribution in [3.05, 3.63) is 47.4 Å². The molecule has 0 saturated carbocycles. The Labute approximate surface area is 145 Å². The molecule has 0 bridgehead atoms. The quantitative estimate of drug-likeness (QED) is 0.729. The number of halogens is 1. The third-order valence-corrected chi connectivity index (χ3v) is 6.00. The summed E-state index contributed by atoms with van der Waals surface area (Å²) in [4.78, 5) is 0. The van der Waals surface area contributed by atoms with Gasteiger partial charge in [-0.1, -0.05) is 36.4 Å². The van der Waals surface area contributed by atoms with Crippen LogP contribution in [0.3, 0.4) is 0 Å². The van der Waals surface area contributed by atoms with Crippen molar-refractivity contribution in [1.29, 1.82) is 0 Å². The monoisotopic (exact) mass is 330 g/mol. The molecule has 4 heteroatoms. The zero-order valence-electron chi connectivity index (χ0n) is 15.3. The van der Waals surface area contributed by atoms with Crippen molar-refractivity contribution >= 4 is 7.12 Å². The minimum Gasteiger partial charge on any atom is -0.400 e. The number of alkyl halides is 1. The van der Waals surface area contributed by atoms with Gasteiger partial charge in [0.1, 0.15) is 0 Å². The third-order valence-electron chi connectivity index (χ3n) is 6.00. The Morgan fingerprint density at radius 1 is 1.04 bits per heavy atom. The maximum absolute atomic E-state index is 13.9. The topological polar surface area (TPSA) is 18.5 Å². The summed E-state index contributed by atoms with van der Waals surface area (Å²) in [5.74, 6) is 0. The molecule has 1 aromatic carbocycles. The van der Waals surface area contributed by atoms with Crippen LogP contribution < -0.4 is 0 Å². The van der Waals surface area contributed by atoms with E-state index in [0.29, 0.717) is 0 Å². The van der Waals surface area contributed by atoms with Crippen molar-refractivity contribution in [2.45, 2.75) is 64.6 Å². The van der Waals surface area contributed by atoms with E-state index in [9.17, 15) is 4.39 Å². The van der Waals surface area contributed by atoms with E-state index in [2.05, 4.69) is 45.9 Å². The highest BCUT2D eigenvalue weighted by Crippen LogP contribution is 2.44. The first-order valence-electron chi connectivity index (χ1n) is 8.91. The summed E-state index contributed by atoms with van der Waals surface area (Å²) in [6.07, 6.45) is 5.38. The van der Waals surface area contributed by atoms with Crippen LogP contribution in [-0.4, -0.2) is 25.0 Å². The van der Waals surface area contributed by atoms with Crippen LogP contribution in [0.25, 0.3) is 0 Å². The Hall–Kier alpha value is -1.13. The molecule has 1 aromatic rings. The maximum Gasteiger partial charge on any atom is 0.490 e. The fourth-order valence-electron chi connectivity index (χ4n) is 3.53. The predicted octanol–water partition coefficient (Wildman–Crippen LogP) is 4.93. The predicted molar refractivity (Wildman–Crippen MR) is 96.6 cm³/mol. The minimum atomic E-state index is -0.322. The molecule has 24 heavy (non-hydrogen) atoms. The number of hydrogen-bond acceptors (Lipinski definition) is 2. The zero-order valence-corrected chi connectivity index (χ0v) is 15.3. The Balaban J connectivity index is 1.71. The molecule has 130 valence electrons. The highest BCUT2D eigenvalue weighted by molar-refractivity contribution is 6.54. The molecule has 1 aliphatic heterocycles. The lowest BCUT2D eigenvalue weighted by atomic mass is 9.64. The SMILES string of the molecule is CC1(C)OB(C2=CC[C@@](CF)(Cc3ccccc3)CC2)OC1(C)C. The summed E-state index contributed by atoms with van der Waals surface area (Å²) < 4.78 is 26.2. The van der Waals surface area contributed by atoms with E-state index in [1.165, 1.54) is 11.0 Å². The molecule has 1 aliphatic carbocycles. The van der Waals surface area contributed by atoms with Crippen LogP contribution in [0.5, 0.6) is 0 Å². The average Bonchev–Trinajstić information content (AvgIpc) is 2.77. The molecule has 1 saturated heterocycles. The Bertz CT molecular complexity index is 595. The maximum atomic E-state index is 13.9. The van der Waals surface area contributed by atoms with Crippen LogP contribution in [0.15, 0.2) is 41.9 Å². The molecule has 1 heterocycles. The lowest BCUT2D eigenvalue weighted by Crippen LogP contribution is -2.41. The molecule has 0 radical (unpaired) electrons. The molecule has 0 unspecified atom stereocenters. The molecular weight excluding hydrogens is 302 g/mol. The molecule has 1 fully saturated rings. The van der Waals surface area contributed by atoms with Crippen LogP contribution >= 0.6 is 0 Å². The van der Waals surface area contributed by atoms with Gasteiger partial charge in [0.2, 0.25) is 0 Å². The first-order valence-corrected chi connectivity index (χ1v) is 8.91. The van der Waals surface area contributed by atoms with Crippen molar-refractivity contribution in [2.24, 2.45) is 5.41 Å². The van der Waals surface area contributed by atoms with Gasteiger partial charge in [0.15, 0.2) is 0 Å². The summed E-state index contributed by atoms with van der Waals surface area (Å²) in [5, 5.41) is 0. The number of benzene rings is 1. The fourth-order valence-corrected chi connectivity index (χ4v) is 3.53. The van der Waals surface area contributed by atoms with Crippen LogP contribution in [0.4, 0.5) is 4.39 Å². The standard InChI is InChI=1S/C20H28BFO2/c1-18(2)19(3,4)24-21(23-18)17-10-12-20(15-22,13-11-17)14-16-8-6-5-7-9-16/h5-10H,11-15H2,1-4H3/t20-/m0/s1. The first-order chi connectivity index (χ1) is 11.3. The largest absolute Gasteiger partial charge is 0.490 e. The van der Waals surface area contributed by atoms with Crippen LogP contribution in [0, 0.1) is 5.41 Å². The first kappa shape index (κ1) is 17.7. The van der Waals surface area contributed by atoms with Gasteiger partial charge in [0.25, 0.3) is 0 Å². The van der Waals surface area contributed by atoms with E-state index >= 15 is 0 Å². The van der Waals surface area contributed by atoms with E-state index in [4.69, 9.17) is 9.31 Å². The van der Waals surface area contributed by atoms with Crippen molar-refractivity contribution in [3.8, 4) is 0 Å². The van der Waals surface area contributed by atoms with E-state index < -0.39 is 0 Å². The summed E-state index contributed by atoms with van der Waals surface area (Å²) in [6, 6.07) is 10.2. The number of rotatable bonds is 4. The Morgan fingerprint density at radius 3 is 2.17 bits per heavy atom. The lowest BCUT2D eigenvalue weighted by Gasteiger charge is -2.34. The summed E-state index contributed by atoms with van der Waals surface area (Å²) in [5.41, 5.74) is 1.46. The van der Waals surface area contributed by atoms with Gasteiger partial charge >= 0.3 is 7.12 Å². The van der Waals surface area contributed by atoms with Crippen LogP contribution in [0.2, 0.25) is 0 Å². The average molecular weight is 330 g/mol. The Morgan fingerprint density at radius 2 is 1.67 bits per heavy atom. The highest BCUT2D eigenvalue weighted by atomic mass is 19.1. The fraction of sp³-hybridized carbons (Fsp3) is 0.600. The van der Waals surface area contributed by atoms with Crippen LogP contribution in [-0.2, 0) is 15.7 Å². The smallest absolute Gasteiger partial charge is 0.400 e. The molecule has 2 nitrogen and oxygen atoms in total. The van der Waals surface area contributed by atoms with Gasteiger partial charge in [0, 0.05) is 5.41 Å². The molecule has 0 N–H and O–H groups in total. The second-order valence-corrected chi connectivity index (χ2v) is 8.37. The van der Waals surface area contributed by atoms with E-state index in [0.717, 1.165) is 25.7 Å². The van der Waals surface area contributed by atoms with Gasteiger partial charge in [-0.25, -0.2) is 0 Å². The van der Waals surface area contributed by atoms with Gasteiger partial charge in [-0.05, 0) is 64.4 Å². The molecule has 0 aromatic heterocycles. The van der Waals surface area contributed by atoms with E-state index in [-0.39, 0.29) is 30.4 Å². The van der Waals surface area contributed by atoms with Gasteiger partial charge < -0.3 is 9.31 Å². The van der Waals surface area contributed by atoms with E-state index in [1.54, 1.807) is 0 Å². The molecular formula is C20H28BFO2. The van der Waals surface area contributed by atoms with Crippen molar-refractivity contribution in [2.75, 3.05) is 6.67 Å². The second-order valence-electron chi connectivity index (χ2n) is 8.37. The van der Waals surface area contributed by atoms with Crippen molar-refractivity contribution in [1.82, 2.24) is 0 Å². The number of allylic oxidation sites excluding steroid dienone is 2. The van der Waals surface area contributed by atoms with Gasteiger partial charge in [0.05, 0.1) is 17.9 Å². The normalized spacial score (nSPS) is 28.7. The summed E-state index contributed by atoms with van der Waals surface area (Å²) >= 11 is 0. The lowest BCUT2D eigenvalue weighted by molar-refractivity contribution is 0.00578. The van der Waals surface area contributed by atoms with Crippen molar-refractivity contribution in [3.63, 3.8) is 0 Å². The summed E-state index contributed by atoms with van der Waals surface area (Å²) in [7, 11) is -0.288. The van der Waals surface area contributed by atoms with Gasteiger partial charge in [-0.2, -0.15) is 0 Å². The molecule has 0 spiro atoms. The molecule has 0 amide bonds. The molecule has 1 atom stereocenters. The highest BCUT2D eigenvalue weighted by Gasteiger charge is 2.52. The molecule has 3 rings (SSSR count). The summed E-state index contributed by atoms with van der Waals surface area (Å²) in [6.45, 7) is 7.99. The second kappa shape index (κ2) is 6.31. The van der Waals surface area contributed by atoms with E-state index in [1.807, 2.05) is 18.2 Å². The number of hydrogen-bond donors (Lipinski definition) is 0. The molecule has 2 aliphatic rings.